The Balaban J connectivity index is 2.29. The molecule has 2 nitrogen and oxygen atoms in total. The summed E-state index contributed by atoms with van der Waals surface area (Å²) in [7, 11) is 0. The van der Waals surface area contributed by atoms with Crippen molar-refractivity contribution in [3.8, 4) is 11.1 Å². The first-order chi connectivity index (χ1) is 7.31. The zero-order valence-electron chi connectivity index (χ0n) is 8.57. The number of benzene rings is 1. The largest absolute Gasteiger partial charge is 0.472 e. The minimum atomic E-state index is 0.175. The van der Waals surface area contributed by atoms with Gasteiger partial charge in [0.1, 0.15) is 0 Å². The van der Waals surface area contributed by atoms with Gasteiger partial charge in [-0.3, -0.25) is 4.79 Å². The van der Waals surface area contributed by atoms with Crippen LogP contribution >= 0.6 is 0 Å². The topological polar surface area (TPSA) is 30.2 Å². The molecule has 2 heteroatoms. The van der Waals surface area contributed by atoms with Gasteiger partial charge >= 0.3 is 0 Å². The summed E-state index contributed by atoms with van der Waals surface area (Å²) < 4.78 is 5.00. The first-order valence-corrected chi connectivity index (χ1v) is 4.97. The number of carbonyl (C=O) groups excluding carboxylic acids is 1. The van der Waals surface area contributed by atoms with Gasteiger partial charge in [-0.15, -0.1) is 0 Å². The van der Waals surface area contributed by atoms with Gasteiger partial charge in [-0.2, -0.15) is 0 Å². The van der Waals surface area contributed by atoms with Gasteiger partial charge in [0.15, 0.2) is 5.78 Å². The molecule has 76 valence electrons. The summed E-state index contributed by atoms with van der Waals surface area (Å²) in [6.07, 6.45) is 3.88. The average Bonchev–Trinajstić information content (AvgIpc) is 2.82. The molecule has 0 bridgehead atoms. The monoisotopic (exact) mass is 200 g/mol. The summed E-state index contributed by atoms with van der Waals surface area (Å²) in [6, 6.07) is 9.49. The van der Waals surface area contributed by atoms with Crippen LogP contribution in [0.4, 0.5) is 0 Å². The second kappa shape index (κ2) is 4.13. The third-order valence-corrected chi connectivity index (χ3v) is 2.38. The lowest BCUT2D eigenvalue weighted by Crippen LogP contribution is -1.95. The van der Waals surface area contributed by atoms with Gasteiger partial charge in [-0.25, -0.2) is 0 Å². The smallest absolute Gasteiger partial charge is 0.162 e. The third kappa shape index (κ3) is 1.99. The molecule has 0 aliphatic rings. The van der Waals surface area contributed by atoms with Crippen LogP contribution in [-0.4, -0.2) is 5.78 Å². The van der Waals surface area contributed by atoms with Crippen molar-refractivity contribution < 1.29 is 9.21 Å². The fourth-order valence-corrected chi connectivity index (χ4v) is 1.48. The van der Waals surface area contributed by atoms with E-state index in [0.717, 1.165) is 16.7 Å². The molecule has 0 fully saturated rings. The van der Waals surface area contributed by atoms with Gasteiger partial charge in [-0.05, 0) is 11.6 Å². The summed E-state index contributed by atoms with van der Waals surface area (Å²) in [5, 5.41) is 0. The molecule has 2 rings (SSSR count). The molecular weight excluding hydrogens is 188 g/mol. The third-order valence-electron chi connectivity index (χ3n) is 2.38. The van der Waals surface area contributed by atoms with Crippen molar-refractivity contribution >= 4 is 5.78 Å². The number of hydrogen-bond donors (Lipinski definition) is 0. The van der Waals surface area contributed by atoms with E-state index >= 15 is 0 Å². The highest BCUT2D eigenvalue weighted by atomic mass is 16.3. The Bertz CT molecular complexity index is 438. The normalized spacial score (nSPS) is 10.2. The van der Waals surface area contributed by atoms with E-state index in [1.807, 2.05) is 37.3 Å². The van der Waals surface area contributed by atoms with E-state index in [2.05, 4.69) is 0 Å². The van der Waals surface area contributed by atoms with E-state index < -0.39 is 0 Å². The first kappa shape index (κ1) is 9.71. The molecule has 0 saturated heterocycles. The minimum absolute atomic E-state index is 0.175. The van der Waals surface area contributed by atoms with Gasteiger partial charge in [0.05, 0.1) is 12.5 Å². The highest BCUT2D eigenvalue weighted by Gasteiger charge is 2.03. The van der Waals surface area contributed by atoms with Crippen molar-refractivity contribution in [3.63, 3.8) is 0 Å². The summed E-state index contributed by atoms with van der Waals surface area (Å²) >= 11 is 0. The number of ketones is 1. The zero-order chi connectivity index (χ0) is 10.7. The van der Waals surface area contributed by atoms with E-state index in [1.165, 1.54) is 0 Å². The van der Waals surface area contributed by atoms with Crippen molar-refractivity contribution in [2.75, 3.05) is 0 Å². The van der Waals surface area contributed by atoms with Crippen LogP contribution in [0.5, 0.6) is 0 Å². The highest BCUT2D eigenvalue weighted by Crippen LogP contribution is 2.20. The van der Waals surface area contributed by atoms with Crippen molar-refractivity contribution in [1.29, 1.82) is 0 Å². The quantitative estimate of drug-likeness (QED) is 0.709. The van der Waals surface area contributed by atoms with Gasteiger partial charge in [0.2, 0.25) is 0 Å². The number of rotatable bonds is 3. The SMILES string of the molecule is CCC(=O)c1ccc(-c2ccoc2)cc1. The summed E-state index contributed by atoms with van der Waals surface area (Å²) in [5.74, 6) is 0.175. The van der Waals surface area contributed by atoms with Crippen molar-refractivity contribution in [2.24, 2.45) is 0 Å². The van der Waals surface area contributed by atoms with Crippen LogP contribution in [-0.2, 0) is 0 Å². The fourth-order valence-electron chi connectivity index (χ4n) is 1.48. The minimum Gasteiger partial charge on any atom is -0.472 e. The standard InChI is InChI=1S/C13H12O2/c1-2-13(14)11-5-3-10(4-6-11)12-7-8-15-9-12/h3-9H,2H2,1H3. The molecule has 0 spiro atoms. The predicted octanol–water partition coefficient (Wildman–Crippen LogP) is 3.54. The lowest BCUT2D eigenvalue weighted by Gasteiger charge is -1.99. The maximum Gasteiger partial charge on any atom is 0.162 e. The summed E-state index contributed by atoms with van der Waals surface area (Å²) in [5.41, 5.74) is 2.87. The first-order valence-electron chi connectivity index (χ1n) is 4.97. The molecule has 1 heterocycles. The molecule has 1 aromatic heterocycles. The highest BCUT2D eigenvalue weighted by molar-refractivity contribution is 5.96. The van der Waals surface area contributed by atoms with Crippen LogP contribution in [0.15, 0.2) is 47.3 Å². The van der Waals surface area contributed by atoms with Gasteiger partial charge in [0.25, 0.3) is 0 Å². The second-order valence-electron chi connectivity index (χ2n) is 3.37. The Labute approximate surface area is 88.5 Å². The van der Waals surface area contributed by atoms with Crippen LogP contribution in [0.1, 0.15) is 23.7 Å². The van der Waals surface area contributed by atoms with E-state index in [9.17, 15) is 4.79 Å². The molecule has 2 aromatic rings. The Morgan fingerprint density at radius 1 is 1.13 bits per heavy atom. The Hall–Kier alpha value is -1.83. The maximum atomic E-state index is 11.4. The van der Waals surface area contributed by atoms with E-state index in [4.69, 9.17) is 4.42 Å². The molecule has 0 radical (unpaired) electrons. The van der Waals surface area contributed by atoms with Crippen LogP contribution in [0.25, 0.3) is 11.1 Å². The Morgan fingerprint density at radius 3 is 2.40 bits per heavy atom. The molecule has 0 aliphatic heterocycles. The van der Waals surface area contributed by atoms with Crippen molar-refractivity contribution in [1.82, 2.24) is 0 Å². The average molecular weight is 200 g/mol. The molecule has 0 atom stereocenters. The summed E-state index contributed by atoms with van der Waals surface area (Å²) in [6.45, 7) is 1.87. The molecule has 0 aliphatic carbocycles. The van der Waals surface area contributed by atoms with E-state index in [-0.39, 0.29) is 5.78 Å². The number of hydrogen-bond acceptors (Lipinski definition) is 2. The molecule has 0 N–H and O–H groups in total. The molecule has 15 heavy (non-hydrogen) atoms. The Kier molecular flexibility index (Phi) is 2.68. The molecule has 0 unspecified atom stereocenters. The number of Topliss-reactive ketones (excluding diaryl/α,β-unsaturated/α-hetero) is 1. The van der Waals surface area contributed by atoms with Gasteiger partial charge in [0, 0.05) is 17.5 Å². The van der Waals surface area contributed by atoms with Gasteiger partial charge < -0.3 is 4.42 Å². The lowest BCUT2D eigenvalue weighted by atomic mass is 10.0. The molecule has 0 saturated carbocycles. The second-order valence-corrected chi connectivity index (χ2v) is 3.37. The number of furan rings is 1. The fraction of sp³-hybridized carbons (Fsp3) is 0.154. The molecular formula is C13H12O2. The van der Waals surface area contributed by atoms with Crippen LogP contribution in [0, 0.1) is 0 Å². The number of carbonyl (C=O) groups is 1. The van der Waals surface area contributed by atoms with Crippen LogP contribution in [0.2, 0.25) is 0 Å². The van der Waals surface area contributed by atoms with Crippen LogP contribution in [0.3, 0.4) is 0 Å². The lowest BCUT2D eigenvalue weighted by molar-refractivity contribution is 0.0988. The maximum absolute atomic E-state index is 11.4. The van der Waals surface area contributed by atoms with Crippen LogP contribution < -0.4 is 0 Å². The molecule has 0 amide bonds. The summed E-state index contributed by atoms with van der Waals surface area (Å²) in [4.78, 5) is 11.4. The van der Waals surface area contributed by atoms with Gasteiger partial charge in [-0.1, -0.05) is 31.2 Å². The predicted molar refractivity (Wildman–Crippen MR) is 58.8 cm³/mol. The molecule has 1 aromatic carbocycles. The van der Waals surface area contributed by atoms with Crippen molar-refractivity contribution in [3.05, 3.63) is 48.4 Å². The van der Waals surface area contributed by atoms with E-state index in [0.29, 0.717) is 6.42 Å². The van der Waals surface area contributed by atoms with Crippen molar-refractivity contribution in [2.45, 2.75) is 13.3 Å². The zero-order valence-corrected chi connectivity index (χ0v) is 8.57. The Morgan fingerprint density at radius 2 is 1.87 bits per heavy atom. The van der Waals surface area contributed by atoms with E-state index in [1.54, 1.807) is 12.5 Å².